The fourth-order valence-electron chi connectivity index (χ4n) is 2.05. The summed E-state index contributed by atoms with van der Waals surface area (Å²) < 4.78 is 11.4. The van der Waals surface area contributed by atoms with Gasteiger partial charge in [-0.15, -0.1) is 10.2 Å². The molecule has 1 aromatic carbocycles. The van der Waals surface area contributed by atoms with Gasteiger partial charge in [0.2, 0.25) is 5.89 Å². The molecule has 18 heavy (non-hydrogen) atoms. The molecule has 0 fully saturated rings. The average Bonchev–Trinajstić information content (AvgIpc) is 3.02. The predicted octanol–water partition coefficient (Wildman–Crippen LogP) is 1.51. The van der Waals surface area contributed by atoms with Gasteiger partial charge in [0.15, 0.2) is 6.10 Å². The molecular weight excluding hydrogens is 230 g/mol. The van der Waals surface area contributed by atoms with Crippen molar-refractivity contribution in [3.05, 3.63) is 41.6 Å². The molecule has 0 aliphatic carbocycles. The molecule has 0 saturated heterocycles. The Morgan fingerprint density at radius 1 is 1.33 bits per heavy atom. The van der Waals surface area contributed by atoms with Crippen LogP contribution >= 0.6 is 0 Å². The zero-order valence-corrected chi connectivity index (χ0v) is 10.2. The first-order chi connectivity index (χ1) is 8.86. The van der Waals surface area contributed by atoms with E-state index in [2.05, 4.69) is 21.6 Å². The predicted molar refractivity (Wildman–Crippen MR) is 65.4 cm³/mol. The first-order valence-electron chi connectivity index (χ1n) is 6.08. The molecule has 5 heteroatoms. The van der Waals surface area contributed by atoms with Crippen LogP contribution in [0.3, 0.4) is 0 Å². The Kier molecular flexibility index (Phi) is 2.98. The molecule has 0 spiro atoms. The Bertz CT molecular complexity index is 514. The molecule has 2 aromatic rings. The molecule has 5 nitrogen and oxygen atoms in total. The third kappa shape index (κ3) is 2.09. The quantitative estimate of drug-likeness (QED) is 0.884. The maximum absolute atomic E-state index is 5.80. The number of hydrogen-bond donors (Lipinski definition) is 1. The molecule has 1 N–H and O–H groups in total. The summed E-state index contributed by atoms with van der Waals surface area (Å²) in [6.45, 7) is 0.827. The molecule has 1 atom stereocenters. The van der Waals surface area contributed by atoms with Gasteiger partial charge in [-0.3, -0.25) is 0 Å². The number of benzene rings is 1. The number of rotatable bonds is 4. The molecule has 0 bridgehead atoms. The molecule has 0 amide bonds. The molecule has 2 heterocycles. The second-order valence-electron chi connectivity index (χ2n) is 4.31. The normalized spacial score (nSPS) is 17.5. The van der Waals surface area contributed by atoms with Gasteiger partial charge in [0, 0.05) is 19.4 Å². The SMILES string of the molecule is CNCCc1nnc(C2Cc3ccccc3O2)o1. The van der Waals surface area contributed by atoms with Gasteiger partial charge >= 0.3 is 0 Å². The van der Waals surface area contributed by atoms with Gasteiger partial charge in [0.1, 0.15) is 5.75 Å². The van der Waals surface area contributed by atoms with Crippen LogP contribution in [0.2, 0.25) is 0 Å². The van der Waals surface area contributed by atoms with Crippen LogP contribution in [0.4, 0.5) is 0 Å². The highest BCUT2D eigenvalue weighted by Crippen LogP contribution is 2.35. The smallest absolute Gasteiger partial charge is 0.257 e. The van der Waals surface area contributed by atoms with E-state index in [1.807, 2.05) is 25.2 Å². The molecule has 1 aliphatic heterocycles. The second-order valence-corrected chi connectivity index (χ2v) is 4.31. The van der Waals surface area contributed by atoms with Crippen molar-refractivity contribution in [3.63, 3.8) is 0 Å². The number of nitrogens with zero attached hydrogens (tertiary/aromatic N) is 2. The van der Waals surface area contributed by atoms with Gasteiger partial charge < -0.3 is 14.5 Å². The number of para-hydroxylation sites is 1. The highest BCUT2D eigenvalue weighted by Gasteiger charge is 2.28. The summed E-state index contributed by atoms with van der Waals surface area (Å²) in [6.07, 6.45) is 1.39. The van der Waals surface area contributed by atoms with Crippen molar-refractivity contribution in [3.8, 4) is 5.75 Å². The van der Waals surface area contributed by atoms with Crippen molar-refractivity contribution in [1.82, 2.24) is 15.5 Å². The topological polar surface area (TPSA) is 60.2 Å². The summed E-state index contributed by atoms with van der Waals surface area (Å²) >= 11 is 0. The zero-order valence-electron chi connectivity index (χ0n) is 10.2. The van der Waals surface area contributed by atoms with Gasteiger partial charge in [0.05, 0.1) is 0 Å². The number of hydrogen-bond acceptors (Lipinski definition) is 5. The maximum atomic E-state index is 5.80. The summed E-state index contributed by atoms with van der Waals surface area (Å²) in [5.74, 6) is 2.13. The van der Waals surface area contributed by atoms with Gasteiger partial charge in [-0.2, -0.15) is 0 Å². The minimum absolute atomic E-state index is 0.141. The van der Waals surface area contributed by atoms with E-state index in [-0.39, 0.29) is 6.10 Å². The molecule has 1 aliphatic rings. The lowest BCUT2D eigenvalue weighted by Crippen LogP contribution is -2.10. The summed E-state index contributed by atoms with van der Waals surface area (Å²) in [5.41, 5.74) is 1.19. The molecule has 3 rings (SSSR count). The van der Waals surface area contributed by atoms with E-state index < -0.39 is 0 Å². The highest BCUT2D eigenvalue weighted by atomic mass is 16.5. The fraction of sp³-hybridized carbons (Fsp3) is 0.385. The van der Waals surface area contributed by atoms with Crippen LogP contribution in [-0.2, 0) is 12.8 Å². The van der Waals surface area contributed by atoms with Gasteiger partial charge in [-0.05, 0) is 18.7 Å². The summed E-state index contributed by atoms with van der Waals surface area (Å²) in [4.78, 5) is 0. The van der Waals surface area contributed by atoms with Crippen LogP contribution in [0, 0.1) is 0 Å². The van der Waals surface area contributed by atoms with Crippen molar-refractivity contribution in [2.45, 2.75) is 18.9 Å². The third-order valence-corrected chi connectivity index (χ3v) is 2.99. The van der Waals surface area contributed by atoms with Crippen molar-refractivity contribution in [1.29, 1.82) is 0 Å². The van der Waals surface area contributed by atoms with E-state index in [1.54, 1.807) is 0 Å². The first kappa shape index (κ1) is 11.2. The number of likely N-dealkylation sites (N-methyl/N-ethyl adjacent to an activating group) is 1. The van der Waals surface area contributed by atoms with Crippen LogP contribution in [0.25, 0.3) is 0 Å². The lowest BCUT2D eigenvalue weighted by Gasteiger charge is -2.04. The summed E-state index contributed by atoms with van der Waals surface area (Å²) in [7, 11) is 1.90. The Hall–Kier alpha value is -1.88. The number of nitrogens with one attached hydrogen (secondary N) is 1. The van der Waals surface area contributed by atoms with E-state index in [1.165, 1.54) is 5.56 Å². The Balaban J connectivity index is 1.72. The molecule has 94 valence electrons. The number of ether oxygens (including phenoxy) is 1. The molecule has 1 aromatic heterocycles. The standard InChI is InChI=1S/C13H15N3O2/c1-14-7-6-12-15-16-13(18-12)11-8-9-4-2-3-5-10(9)17-11/h2-5,11,14H,6-8H2,1H3. The summed E-state index contributed by atoms with van der Waals surface area (Å²) in [6, 6.07) is 8.01. The highest BCUT2D eigenvalue weighted by molar-refractivity contribution is 5.37. The van der Waals surface area contributed by atoms with Crippen LogP contribution in [-0.4, -0.2) is 23.8 Å². The van der Waals surface area contributed by atoms with Crippen molar-refractivity contribution in [2.24, 2.45) is 0 Å². The average molecular weight is 245 g/mol. The third-order valence-electron chi connectivity index (χ3n) is 2.99. The van der Waals surface area contributed by atoms with Crippen LogP contribution in [0.5, 0.6) is 5.75 Å². The van der Waals surface area contributed by atoms with Gasteiger partial charge in [-0.1, -0.05) is 18.2 Å². The van der Waals surface area contributed by atoms with Crippen molar-refractivity contribution < 1.29 is 9.15 Å². The lowest BCUT2D eigenvalue weighted by molar-refractivity contribution is 0.195. The first-order valence-corrected chi connectivity index (χ1v) is 6.08. The Morgan fingerprint density at radius 2 is 2.22 bits per heavy atom. The van der Waals surface area contributed by atoms with Crippen LogP contribution in [0.1, 0.15) is 23.4 Å². The lowest BCUT2D eigenvalue weighted by atomic mass is 10.1. The minimum atomic E-state index is -0.141. The van der Waals surface area contributed by atoms with Crippen molar-refractivity contribution >= 4 is 0 Å². The van der Waals surface area contributed by atoms with E-state index in [4.69, 9.17) is 9.15 Å². The molecule has 0 saturated carbocycles. The van der Waals surface area contributed by atoms with Crippen molar-refractivity contribution in [2.75, 3.05) is 13.6 Å². The van der Waals surface area contributed by atoms with E-state index in [0.29, 0.717) is 11.8 Å². The number of fused-ring (bicyclic) bond motifs is 1. The van der Waals surface area contributed by atoms with Gasteiger partial charge in [-0.25, -0.2) is 0 Å². The molecular formula is C13H15N3O2. The zero-order chi connectivity index (χ0) is 12.4. The molecule has 0 radical (unpaired) electrons. The summed E-state index contributed by atoms with van der Waals surface area (Å²) in [5, 5.41) is 11.1. The largest absolute Gasteiger partial charge is 0.480 e. The van der Waals surface area contributed by atoms with E-state index in [9.17, 15) is 0 Å². The van der Waals surface area contributed by atoms with Crippen LogP contribution in [0.15, 0.2) is 28.7 Å². The van der Waals surface area contributed by atoms with E-state index in [0.717, 1.165) is 25.1 Å². The fourth-order valence-corrected chi connectivity index (χ4v) is 2.05. The van der Waals surface area contributed by atoms with E-state index >= 15 is 0 Å². The second kappa shape index (κ2) is 4.78. The molecule has 1 unspecified atom stereocenters. The van der Waals surface area contributed by atoms with Crippen LogP contribution < -0.4 is 10.1 Å². The minimum Gasteiger partial charge on any atom is -0.480 e. The maximum Gasteiger partial charge on any atom is 0.257 e. The number of aromatic nitrogens is 2. The Morgan fingerprint density at radius 3 is 3.06 bits per heavy atom. The Labute approximate surface area is 105 Å². The van der Waals surface area contributed by atoms with Gasteiger partial charge in [0.25, 0.3) is 5.89 Å². The monoisotopic (exact) mass is 245 g/mol.